The Labute approximate surface area is 433 Å². The summed E-state index contributed by atoms with van der Waals surface area (Å²) in [5, 5.41) is 2.33. The zero-order valence-electron chi connectivity index (χ0n) is 44.0. The summed E-state index contributed by atoms with van der Waals surface area (Å²) in [4.78, 5) is 8.16. The predicted molar refractivity (Wildman–Crippen MR) is 312 cm³/mol. The average molecular weight is 954 g/mol. The Kier molecular flexibility index (Phi) is 10.9. The van der Waals surface area contributed by atoms with Gasteiger partial charge in [-0.2, -0.15) is 0 Å². The Morgan fingerprint density at radius 3 is 1.97 bits per heavy atom. The topological polar surface area (TPSA) is 22.9 Å². The van der Waals surface area contributed by atoms with Crippen LogP contribution in [0.2, 0.25) is 0 Å². The second-order valence-electron chi connectivity index (χ2n) is 23.3. The molecule has 73 heavy (non-hydrogen) atoms. The first-order valence-electron chi connectivity index (χ1n) is 27.5. The van der Waals surface area contributed by atoms with Gasteiger partial charge in [-0.3, -0.25) is 0 Å². The molecule has 4 heterocycles. The van der Waals surface area contributed by atoms with Crippen LogP contribution in [-0.4, -0.2) is 12.4 Å². The van der Waals surface area contributed by atoms with Gasteiger partial charge >= 0.3 is 6.85 Å². The quantitative estimate of drug-likeness (QED) is 0.121. The largest absolute Gasteiger partial charge is 0.455 e. The summed E-state index contributed by atoms with van der Waals surface area (Å²) in [6, 6.07) is 62.7. The van der Waals surface area contributed by atoms with Crippen molar-refractivity contribution in [3.8, 4) is 22.3 Å². The molecule has 3 aliphatic heterocycles. The maximum atomic E-state index is 7.40. The van der Waals surface area contributed by atoms with Gasteiger partial charge in [0.25, 0.3) is 0 Å². The highest BCUT2D eigenvalue weighted by atomic mass is 16.3. The van der Waals surface area contributed by atoms with Crippen molar-refractivity contribution in [1.82, 2.24) is 0 Å². The number of benzene rings is 8. The Morgan fingerprint density at radius 2 is 1.27 bits per heavy atom. The molecule has 2 atom stereocenters. The molecule has 1 aromatic heterocycles. The van der Waals surface area contributed by atoms with E-state index >= 15 is 0 Å². The summed E-state index contributed by atoms with van der Waals surface area (Å²) in [5.41, 5.74) is 23.7. The van der Waals surface area contributed by atoms with E-state index in [4.69, 9.17) is 4.42 Å². The highest BCUT2D eigenvalue weighted by Crippen LogP contribution is 2.63. The van der Waals surface area contributed by atoms with Gasteiger partial charge in [-0.1, -0.05) is 158 Å². The molecule has 8 aromatic carbocycles. The van der Waals surface area contributed by atoms with Crippen molar-refractivity contribution in [1.29, 1.82) is 0 Å². The van der Waals surface area contributed by atoms with E-state index in [9.17, 15) is 0 Å². The second kappa shape index (κ2) is 17.3. The van der Waals surface area contributed by atoms with Crippen LogP contribution in [0.4, 0.5) is 39.8 Å². The Morgan fingerprint density at radius 1 is 0.603 bits per heavy atom. The number of nitrogens with zero attached hydrogens (tertiary/aromatic N) is 3. The summed E-state index contributed by atoms with van der Waals surface area (Å²) in [5.74, 6) is 0. The lowest BCUT2D eigenvalue weighted by Crippen LogP contribution is -2.64. The van der Waals surface area contributed by atoms with Crippen LogP contribution in [0.5, 0.6) is 0 Å². The fraction of sp³-hybridized carbons (Fsp3) is 0.294. The molecule has 364 valence electrons. The number of anilines is 7. The molecule has 2 unspecified atom stereocenters. The summed E-state index contributed by atoms with van der Waals surface area (Å²) < 4.78 is 7.40. The van der Waals surface area contributed by atoms with E-state index in [-0.39, 0.29) is 23.2 Å². The Bertz CT molecular complexity index is 3550. The van der Waals surface area contributed by atoms with Gasteiger partial charge in [-0.15, -0.1) is 0 Å². The van der Waals surface area contributed by atoms with Crippen molar-refractivity contribution in [2.75, 3.05) is 14.6 Å². The minimum absolute atomic E-state index is 0.0133. The molecule has 1 saturated carbocycles. The molecule has 0 bridgehead atoms. The molecule has 4 aliphatic rings. The van der Waals surface area contributed by atoms with E-state index in [1.54, 1.807) is 5.56 Å². The normalized spacial score (nSPS) is 18.5. The number of para-hydroxylation sites is 2. The minimum Gasteiger partial charge on any atom is -0.455 e. The van der Waals surface area contributed by atoms with Gasteiger partial charge in [0.1, 0.15) is 11.2 Å². The van der Waals surface area contributed by atoms with Gasteiger partial charge in [0.2, 0.25) is 0 Å². The van der Waals surface area contributed by atoms with Crippen LogP contribution in [0, 0.1) is 0 Å². The number of rotatable bonds is 11. The van der Waals surface area contributed by atoms with Crippen molar-refractivity contribution < 1.29 is 4.42 Å². The van der Waals surface area contributed by atoms with Crippen LogP contribution in [0.25, 0.3) is 44.2 Å². The van der Waals surface area contributed by atoms with Crippen LogP contribution in [0.1, 0.15) is 122 Å². The lowest BCUT2D eigenvalue weighted by Gasteiger charge is -2.53. The molecular weight excluding hydrogens is 886 g/mol. The summed E-state index contributed by atoms with van der Waals surface area (Å²) >= 11 is 0. The first kappa shape index (κ1) is 45.9. The number of furan rings is 1. The third-order valence-corrected chi connectivity index (χ3v) is 17.8. The fourth-order valence-electron chi connectivity index (χ4n) is 13.8. The number of hydrogen-bond donors (Lipinski definition) is 0. The molecule has 4 nitrogen and oxygen atoms in total. The lowest BCUT2D eigenvalue weighted by molar-refractivity contribution is 0.195. The summed E-state index contributed by atoms with van der Waals surface area (Å²) in [6.45, 7) is 16.7. The van der Waals surface area contributed by atoms with Crippen LogP contribution < -0.4 is 25.5 Å². The van der Waals surface area contributed by atoms with Gasteiger partial charge in [0, 0.05) is 67.1 Å². The number of hydrogen-bond acceptors (Lipinski definition) is 4. The van der Waals surface area contributed by atoms with Gasteiger partial charge in [0.05, 0.1) is 5.54 Å². The molecule has 0 amide bonds. The molecule has 0 saturated heterocycles. The van der Waals surface area contributed by atoms with Crippen LogP contribution >= 0.6 is 0 Å². The molecule has 1 aliphatic carbocycles. The maximum absolute atomic E-state index is 7.40. The first-order chi connectivity index (χ1) is 35.5. The highest BCUT2D eigenvalue weighted by Gasteiger charge is 2.62. The average Bonchev–Trinajstić information content (AvgIpc) is 3.90. The van der Waals surface area contributed by atoms with Crippen molar-refractivity contribution in [2.45, 2.75) is 129 Å². The van der Waals surface area contributed by atoms with Crippen molar-refractivity contribution in [2.24, 2.45) is 0 Å². The first-order valence-corrected chi connectivity index (χ1v) is 27.5. The van der Waals surface area contributed by atoms with E-state index in [1.165, 1.54) is 105 Å². The van der Waals surface area contributed by atoms with E-state index in [2.05, 4.69) is 227 Å². The standard InChI is InChI=1S/C68H68BN3O/c1-8-10-23-45-31-34-58(53(39-45)47-25-15-12-16-26-47)72-59-35-33-52-54-42-48(66(3,4)5)32-36-61(54)73-65(52)62(59)55-43-51(70(49-27-17-13-18-28-49)50-29-19-14-20-30-50)44-60-63(55)69(72)57-41-46(24-11-9-2)40-56-64(57)71(60)68(7)38-22-21-37-67(56,68)6/h12-20,25-36,39-44H,8-11,21-24,37-38H2,1-7H3. The molecule has 0 N–H and O–H groups in total. The van der Waals surface area contributed by atoms with E-state index < -0.39 is 0 Å². The van der Waals surface area contributed by atoms with Gasteiger partial charge < -0.3 is 19.0 Å². The molecule has 13 rings (SSSR count). The molecular formula is C68H68BN3O. The van der Waals surface area contributed by atoms with Crippen LogP contribution in [0.3, 0.4) is 0 Å². The van der Waals surface area contributed by atoms with Crippen LogP contribution in [0.15, 0.2) is 168 Å². The Balaban J connectivity index is 1.20. The monoisotopic (exact) mass is 954 g/mol. The smallest absolute Gasteiger partial charge is 0.333 e. The minimum atomic E-state index is -0.149. The third kappa shape index (κ3) is 7.00. The van der Waals surface area contributed by atoms with Gasteiger partial charge in [-0.25, -0.2) is 0 Å². The fourth-order valence-corrected chi connectivity index (χ4v) is 13.8. The SMILES string of the molecule is CCCCc1ccc(N2B3c4cc(CCCC)cc5c4N(c4cc(N(c6ccccc6)c6ccccc6)cc(c43)-c3c2ccc2c3oc3ccc(C(C)(C)C)cc32)C2(C)CCCCC52C)c(-c2ccccc2)c1. The van der Waals surface area contributed by atoms with Gasteiger partial charge in [-0.05, 0) is 168 Å². The lowest BCUT2D eigenvalue weighted by atomic mass is 9.43. The highest BCUT2D eigenvalue weighted by molar-refractivity contribution is 6.94. The van der Waals surface area contributed by atoms with Gasteiger partial charge in [0.15, 0.2) is 0 Å². The maximum Gasteiger partial charge on any atom is 0.333 e. The number of fused-ring (bicyclic) bond motifs is 11. The van der Waals surface area contributed by atoms with E-state index in [0.717, 1.165) is 71.3 Å². The van der Waals surface area contributed by atoms with E-state index in [1.807, 2.05) is 0 Å². The zero-order chi connectivity index (χ0) is 49.8. The van der Waals surface area contributed by atoms with Crippen LogP contribution in [-0.2, 0) is 23.7 Å². The molecule has 1 fully saturated rings. The molecule has 9 aromatic rings. The number of aryl methyl sites for hydroxylation is 2. The number of unbranched alkanes of at least 4 members (excludes halogenated alkanes) is 2. The summed E-state index contributed by atoms with van der Waals surface area (Å²) in [7, 11) is 0. The van der Waals surface area contributed by atoms with Crippen molar-refractivity contribution in [3.63, 3.8) is 0 Å². The third-order valence-electron chi connectivity index (χ3n) is 17.8. The second-order valence-corrected chi connectivity index (χ2v) is 23.3. The molecule has 5 heteroatoms. The molecule has 0 radical (unpaired) electrons. The van der Waals surface area contributed by atoms with Crippen molar-refractivity contribution >= 4 is 79.5 Å². The molecule has 0 spiro atoms. The Hall–Kier alpha value is -6.98. The zero-order valence-corrected chi connectivity index (χ0v) is 44.0. The summed E-state index contributed by atoms with van der Waals surface area (Å²) in [6.07, 6.45) is 11.6. The van der Waals surface area contributed by atoms with E-state index in [0.29, 0.717) is 0 Å². The van der Waals surface area contributed by atoms with Crippen molar-refractivity contribution in [3.05, 3.63) is 186 Å². The predicted octanol–water partition coefficient (Wildman–Crippen LogP) is 17.7.